The normalized spacial score (nSPS) is 12.6. The summed E-state index contributed by atoms with van der Waals surface area (Å²) in [6.45, 7) is 3.19. The molecule has 0 amide bonds. The Labute approximate surface area is 142 Å². The zero-order valence-electron chi connectivity index (χ0n) is 12.0. The van der Waals surface area contributed by atoms with Crippen LogP contribution in [0.25, 0.3) is 0 Å². The minimum Gasteiger partial charge on any atom is -0.486 e. The Morgan fingerprint density at radius 2 is 1.82 bits per heavy atom. The van der Waals surface area contributed by atoms with Crippen LogP contribution in [0.1, 0.15) is 5.56 Å². The largest absolute Gasteiger partial charge is 0.486 e. The number of fused-ring (bicyclic) bond motifs is 1. The van der Waals surface area contributed by atoms with Crippen LogP contribution in [-0.4, -0.2) is 18.3 Å². The third kappa shape index (κ3) is 3.51. The summed E-state index contributed by atoms with van der Waals surface area (Å²) in [7, 11) is 0. The van der Waals surface area contributed by atoms with Gasteiger partial charge in [0.2, 0.25) is 0 Å². The second kappa shape index (κ2) is 6.54. The van der Waals surface area contributed by atoms with E-state index in [1.807, 2.05) is 43.3 Å². The van der Waals surface area contributed by atoms with Crippen LogP contribution in [0.5, 0.6) is 11.5 Å². The van der Waals surface area contributed by atoms with Gasteiger partial charge in [0.1, 0.15) is 13.2 Å². The highest BCUT2D eigenvalue weighted by molar-refractivity contribution is 9.10. The maximum Gasteiger partial charge on any atom is 0.175 e. The summed E-state index contributed by atoms with van der Waals surface area (Å²) in [4.78, 5) is 0. The van der Waals surface area contributed by atoms with Crippen molar-refractivity contribution >= 4 is 44.6 Å². The lowest BCUT2D eigenvalue weighted by Crippen LogP contribution is -2.20. The minimum absolute atomic E-state index is 0.515. The standard InChI is InChI=1S/C16H15BrN2O2S/c1-10-2-4-13(12(17)8-10)19-16(22)18-11-3-5-14-15(9-11)21-7-6-20-14/h2-5,8-9H,6-7H2,1H3,(H2,18,19,22). The lowest BCUT2D eigenvalue weighted by Gasteiger charge is -2.19. The van der Waals surface area contributed by atoms with Gasteiger partial charge in [-0.25, -0.2) is 0 Å². The molecule has 2 aromatic carbocycles. The fourth-order valence-electron chi connectivity index (χ4n) is 2.13. The molecule has 3 rings (SSSR count). The van der Waals surface area contributed by atoms with Crippen LogP contribution in [0.3, 0.4) is 0 Å². The lowest BCUT2D eigenvalue weighted by molar-refractivity contribution is 0.171. The summed E-state index contributed by atoms with van der Waals surface area (Å²) in [6.07, 6.45) is 0. The van der Waals surface area contributed by atoms with Crippen molar-refractivity contribution in [2.24, 2.45) is 0 Å². The SMILES string of the molecule is Cc1ccc(NC(=S)Nc2ccc3c(c2)OCCO3)c(Br)c1. The van der Waals surface area contributed by atoms with E-state index < -0.39 is 0 Å². The molecular weight excluding hydrogens is 364 g/mol. The molecule has 0 atom stereocenters. The highest BCUT2D eigenvalue weighted by Gasteiger charge is 2.12. The van der Waals surface area contributed by atoms with E-state index in [4.69, 9.17) is 21.7 Å². The maximum absolute atomic E-state index is 5.56. The molecule has 6 heteroatoms. The molecule has 1 aliphatic heterocycles. The van der Waals surface area contributed by atoms with Crippen molar-refractivity contribution in [2.75, 3.05) is 23.8 Å². The summed E-state index contributed by atoms with van der Waals surface area (Å²) in [5.41, 5.74) is 2.95. The molecule has 0 aliphatic carbocycles. The first-order chi connectivity index (χ1) is 10.6. The maximum atomic E-state index is 5.56. The smallest absolute Gasteiger partial charge is 0.175 e. The first-order valence-electron chi connectivity index (χ1n) is 6.85. The third-order valence-electron chi connectivity index (χ3n) is 3.17. The number of hydrogen-bond donors (Lipinski definition) is 2. The van der Waals surface area contributed by atoms with Crippen molar-refractivity contribution in [1.29, 1.82) is 0 Å². The molecule has 114 valence electrons. The number of nitrogens with one attached hydrogen (secondary N) is 2. The van der Waals surface area contributed by atoms with Crippen LogP contribution in [0.2, 0.25) is 0 Å². The van der Waals surface area contributed by atoms with Crippen LogP contribution in [0.15, 0.2) is 40.9 Å². The highest BCUT2D eigenvalue weighted by Crippen LogP contribution is 2.32. The molecule has 0 aromatic heterocycles. The van der Waals surface area contributed by atoms with E-state index in [0.717, 1.165) is 27.3 Å². The summed E-state index contributed by atoms with van der Waals surface area (Å²) >= 11 is 8.87. The van der Waals surface area contributed by atoms with E-state index in [2.05, 4.69) is 26.6 Å². The van der Waals surface area contributed by atoms with Crippen LogP contribution in [-0.2, 0) is 0 Å². The molecule has 2 aromatic rings. The van der Waals surface area contributed by atoms with Crippen molar-refractivity contribution in [3.63, 3.8) is 0 Å². The minimum atomic E-state index is 0.515. The van der Waals surface area contributed by atoms with Gasteiger partial charge in [0.25, 0.3) is 0 Å². The van der Waals surface area contributed by atoms with E-state index in [9.17, 15) is 0 Å². The molecule has 1 heterocycles. The van der Waals surface area contributed by atoms with Gasteiger partial charge in [-0.05, 0) is 64.9 Å². The molecule has 2 N–H and O–H groups in total. The number of anilines is 2. The van der Waals surface area contributed by atoms with E-state index in [1.54, 1.807) is 0 Å². The van der Waals surface area contributed by atoms with E-state index in [0.29, 0.717) is 18.3 Å². The molecule has 0 saturated carbocycles. The van der Waals surface area contributed by atoms with Crippen molar-refractivity contribution < 1.29 is 9.47 Å². The molecule has 4 nitrogen and oxygen atoms in total. The Morgan fingerprint density at radius 1 is 1.05 bits per heavy atom. The van der Waals surface area contributed by atoms with E-state index in [1.165, 1.54) is 5.56 Å². The Balaban J connectivity index is 1.69. The molecule has 0 unspecified atom stereocenters. The van der Waals surface area contributed by atoms with Crippen molar-refractivity contribution in [1.82, 2.24) is 0 Å². The quantitative estimate of drug-likeness (QED) is 0.760. The summed E-state index contributed by atoms with van der Waals surface area (Å²) < 4.78 is 12.0. The first kappa shape index (κ1) is 15.1. The predicted molar refractivity (Wildman–Crippen MR) is 96.2 cm³/mol. The van der Waals surface area contributed by atoms with E-state index >= 15 is 0 Å². The number of hydrogen-bond acceptors (Lipinski definition) is 3. The fraction of sp³-hybridized carbons (Fsp3) is 0.188. The predicted octanol–water partition coefficient (Wildman–Crippen LogP) is 4.34. The summed E-state index contributed by atoms with van der Waals surface area (Å²) in [5, 5.41) is 6.83. The second-order valence-corrected chi connectivity index (χ2v) is 6.18. The number of benzene rings is 2. The molecule has 1 aliphatic rings. The molecule has 0 fully saturated rings. The van der Waals surface area contributed by atoms with Gasteiger partial charge < -0.3 is 20.1 Å². The van der Waals surface area contributed by atoms with Gasteiger partial charge in [-0.3, -0.25) is 0 Å². The highest BCUT2D eigenvalue weighted by atomic mass is 79.9. The van der Waals surface area contributed by atoms with Gasteiger partial charge in [-0.15, -0.1) is 0 Å². The monoisotopic (exact) mass is 378 g/mol. The van der Waals surface area contributed by atoms with Crippen LogP contribution >= 0.6 is 28.1 Å². The molecular formula is C16H15BrN2O2S. The molecule has 0 saturated heterocycles. The van der Waals surface area contributed by atoms with Crippen molar-refractivity contribution in [3.05, 3.63) is 46.4 Å². The fourth-order valence-corrected chi connectivity index (χ4v) is 2.95. The second-order valence-electron chi connectivity index (χ2n) is 4.92. The van der Waals surface area contributed by atoms with Gasteiger partial charge in [-0.1, -0.05) is 6.07 Å². The van der Waals surface area contributed by atoms with Gasteiger partial charge in [0.05, 0.1) is 5.69 Å². The zero-order chi connectivity index (χ0) is 15.5. The summed E-state index contributed by atoms with van der Waals surface area (Å²) in [6, 6.07) is 11.7. The number of aryl methyl sites for hydroxylation is 1. The Morgan fingerprint density at radius 3 is 2.59 bits per heavy atom. The van der Waals surface area contributed by atoms with E-state index in [-0.39, 0.29) is 0 Å². The first-order valence-corrected chi connectivity index (χ1v) is 8.06. The lowest BCUT2D eigenvalue weighted by atomic mass is 10.2. The summed E-state index contributed by atoms with van der Waals surface area (Å²) in [5.74, 6) is 1.49. The Hall–Kier alpha value is -1.79. The van der Waals surface area contributed by atoms with Crippen molar-refractivity contribution in [2.45, 2.75) is 6.92 Å². The molecule has 0 radical (unpaired) electrons. The van der Waals surface area contributed by atoms with Crippen LogP contribution in [0, 0.1) is 6.92 Å². The van der Waals surface area contributed by atoms with Gasteiger partial charge in [0.15, 0.2) is 16.6 Å². The van der Waals surface area contributed by atoms with Gasteiger partial charge in [0, 0.05) is 16.2 Å². The topological polar surface area (TPSA) is 42.5 Å². The Bertz CT molecular complexity index is 721. The zero-order valence-corrected chi connectivity index (χ0v) is 14.4. The Kier molecular flexibility index (Phi) is 4.49. The number of rotatable bonds is 2. The average molecular weight is 379 g/mol. The molecule has 22 heavy (non-hydrogen) atoms. The molecule has 0 bridgehead atoms. The third-order valence-corrected chi connectivity index (χ3v) is 4.03. The van der Waals surface area contributed by atoms with Gasteiger partial charge >= 0.3 is 0 Å². The molecule has 0 spiro atoms. The van der Waals surface area contributed by atoms with Crippen LogP contribution < -0.4 is 20.1 Å². The number of thiocarbonyl (C=S) groups is 1. The average Bonchev–Trinajstić information content (AvgIpc) is 2.50. The van der Waals surface area contributed by atoms with Crippen molar-refractivity contribution in [3.8, 4) is 11.5 Å². The van der Waals surface area contributed by atoms with Crippen LogP contribution in [0.4, 0.5) is 11.4 Å². The number of halogens is 1. The van der Waals surface area contributed by atoms with Gasteiger partial charge in [-0.2, -0.15) is 0 Å². The number of ether oxygens (including phenoxy) is 2.